The molecular formula is C53H35N3. The first-order valence-electron chi connectivity index (χ1n) is 18.9. The second-order valence-electron chi connectivity index (χ2n) is 14.0. The Morgan fingerprint density at radius 3 is 1.30 bits per heavy atom. The number of aromatic nitrogens is 3. The lowest BCUT2D eigenvalue weighted by molar-refractivity contribution is 1.18. The van der Waals surface area contributed by atoms with E-state index in [9.17, 15) is 0 Å². The van der Waals surface area contributed by atoms with E-state index in [0.29, 0.717) is 5.82 Å². The van der Waals surface area contributed by atoms with Crippen LogP contribution in [0.5, 0.6) is 0 Å². The zero-order chi connectivity index (χ0) is 37.3. The number of nitrogens with zero attached hydrogens (tertiary/aromatic N) is 3. The van der Waals surface area contributed by atoms with Gasteiger partial charge in [0.05, 0.1) is 22.6 Å². The second kappa shape index (κ2) is 14.4. The van der Waals surface area contributed by atoms with E-state index in [1.807, 2.05) is 42.5 Å². The summed E-state index contributed by atoms with van der Waals surface area (Å²) in [5.41, 5.74) is 14.8. The van der Waals surface area contributed by atoms with Gasteiger partial charge in [0.15, 0.2) is 5.82 Å². The molecule has 3 nitrogen and oxygen atoms in total. The van der Waals surface area contributed by atoms with E-state index in [1.165, 1.54) is 27.5 Å². The van der Waals surface area contributed by atoms with Crippen molar-refractivity contribution in [3.05, 3.63) is 212 Å². The predicted octanol–water partition coefficient (Wildman–Crippen LogP) is 13.8. The van der Waals surface area contributed by atoms with E-state index in [2.05, 4.69) is 170 Å². The highest BCUT2D eigenvalue weighted by molar-refractivity contribution is 6.17. The summed E-state index contributed by atoms with van der Waals surface area (Å²) < 4.78 is 0. The van der Waals surface area contributed by atoms with Crippen molar-refractivity contribution in [3.63, 3.8) is 0 Å². The summed E-state index contributed by atoms with van der Waals surface area (Å²) >= 11 is 0. The minimum absolute atomic E-state index is 0.697. The fourth-order valence-corrected chi connectivity index (χ4v) is 7.74. The predicted molar refractivity (Wildman–Crippen MR) is 233 cm³/mol. The Morgan fingerprint density at radius 2 is 0.714 bits per heavy atom. The molecule has 0 saturated heterocycles. The molecule has 0 radical (unpaired) electrons. The molecule has 2 heterocycles. The van der Waals surface area contributed by atoms with Crippen molar-refractivity contribution in [1.82, 2.24) is 15.0 Å². The molecule has 0 fully saturated rings. The maximum Gasteiger partial charge on any atom is 0.160 e. The molecule has 262 valence electrons. The Hall–Kier alpha value is -7.49. The zero-order valence-electron chi connectivity index (χ0n) is 30.5. The Kier molecular flexibility index (Phi) is 8.51. The minimum atomic E-state index is 0.697. The van der Waals surface area contributed by atoms with Crippen molar-refractivity contribution in [1.29, 1.82) is 0 Å². The molecule has 56 heavy (non-hydrogen) atoms. The van der Waals surface area contributed by atoms with Crippen molar-refractivity contribution < 1.29 is 0 Å². The topological polar surface area (TPSA) is 38.7 Å². The fourth-order valence-electron chi connectivity index (χ4n) is 7.74. The first kappa shape index (κ1) is 33.1. The first-order chi connectivity index (χ1) is 27.7. The van der Waals surface area contributed by atoms with Gasteiger partial charge in [-0.2, -0.15) is 0 Å². The van der Waals surface area contributed by atoms with Gasteiger partial charge in [-0.05, 0) is 74.5 Å². The lowest BCUT2D eigenvalue weighted by Crippen LogP contribution is -1.96. The minimum Gasteiger partial charge on any atom is -0.248 e. The third-order valence-electron chi connectivity index (χ3n) is 10.5. The van der Waals surface area contributed by atoms with Crippen LogP contribution in [-0.2, 0) is 0 Å². The summed E-state index contributed by atoms with van der Waals surface area (Å²) in [6.07, 6.45) is 0. The van der Waals surface area contributed by atoms with E-state index in [1.54, 1.807) is 0 Å². The summed E-state index contributed by atoms with van der Waals surface area (Å²) in [6, 6.07) is 74.5. The van der Waals surface area contributed by atoms with Gasteiger partial charge >= 0.3 is 0 Å². The molecule has 0 amide bonds. The Bertz CT molecular complexity index is 2940. The molecule has 0 atom stereocenters. The van der Waals surface area contributed by atoms with Gasteiger partial charge in [-0.15, -0.1) is 0 Å². The molecule has 10 aromatic rings. The van der Waals surface area contributed by atoms with Gasteiger partial charge in [0.2, 0.25) is 0 Å². The maximum absolute atomic E-state index is 5.21. The number of hydrogen-bond acceptors (Lipinski definition) is 3. The molecule has 2 aromatic heterocycles. The lowest BCUT2D eigenvalue weighted by Gasteiger charge is -2.15. The number of fused-ring (bicyclic) bond motifs is 3. The van der Waals surface area contributed by atoms with E-state index in [4.69, 9.17) is 15.0 Å². The third kappa shape index (κ3) is 6.31. The quantitative estimate of drug-likeness (QED) is 0.154. The van der Waals surface area contributed by atoms with Crippen molar-refractivity contribution >= 4 is 21.7 Å². The van der Waals surface area contributed by atoms with Crippen LogP contribution in [0.1, 0.15) is 0 Å². The van der Waals surface area contributed by atoms with Crippen LogP contribution < -0.4 is 0 Å². The van der Waals surface area contributed by atoms with E-state index in [0.717, 1.165) is 66.9 Å². The van der Waals surface area contributed by atoms with Gasteiger partial charge in [-0.1, -0.05) is 182 Å². The number of rotatable bonds is 7. The molecule has 0 aliphatic rings. The monoisotopic (exact) mass is 713 g/mol. The first-order valence-corrected chi connectivity index (χ1v) is 18.9. The molecule has 0 aliphatic carbocycles. The SMILES string of the molecule is c1ccc(-c2cc(-c3ccccc3)nc(-c3cccc(-c4cccc(-c5cccc6c5ccc5nc(-c7ccccc7)cc(-c7ccccc7)c56)c4)c3)n2)cc1. The van der Waals surface area contributed by atoms with Crippen molar-refractivity contribution in [2.75, 3.05) is 0 Å². The highest BCUT2D eigenvalue weighted by atomic mass is 14.9. The average Bonchev–Trinajstić information content (AvgIpc) is 3.29. The van der Waals surface area contributed by atoms with Gasteiger partial charge in [0.25, 0.3) is 0 Å². The smallest absolute Gasteiger partial charge is 0.160 e. The molecule has 0 spiro atoms. The zero-order valence-corrected chi connectivity index (χ0v) is 30.5. The normalized spacial score (nSPS) is 11.2. The summed E-state index contributed by atoms with van der Waals surface area (Å²) in [7, 11) is 0. The highest BCUT2D eigenvalue weighted by Gasteiger charge is 2.16. The van der Waals surface area contributed by atoms with Crippen molar-refractivity contribution in [2.45, 2.75) is 0 Å². The molecule has 0 N–H and O–H groups in total. The van der Waals surface area contributed by atoms with E-state index in [-0.39, 0.29) is 0 Å². The van der Waals surface area contributed by atoms with Gasteiger partial charge < -0.3 is 0 Å². The van der Waals surface area contributed by atoms with Crippen LogP contribution in [0.4, 0.5) is 0 Å². The van der Waals surface area contributed by atoms with Gasteiger partial charge in [-0.25, -0.2) is 15.0 Å². The maximum atomic E-state index is 5.21. The van der Waals surface area contributed by atoms with Gasteiger partial charge in [0.1, 0.15) is 0 Å². The van der Waals surface area contributed by atoms with Crippen LogP contribution >= 0.6 is 0 Å². The van der Waals surface area contributed by atoms with Crippen LogP contribution in [0.15, 0.2) is 212 Å². The Morgan fingerprint density at radius 1 is 0.250 bits per heavy atom. The van der Waals surface area contributed by atoms with Crippen LogP contribution in [0, 0.1) is 0 Å². The highest BCUT2D eigenvalue weighted by Crippen LogP contribution is 2.40. The summed E-state index contributed by atoms with van der Waals surface area (Å²) in [4.78, 5) is 15.4. The second-order valence-corrected chi connectivity index (χ2v) is 14.0. The molecule has 3 heteroatoms. The fraction of sp³-hybridized carbons (Fsp3) is 0. The number of pyridine rings is 1. The molecular weight excluding hydrogens is 679 g/mol. The van der Waals surface area contributed by atoms with Crippen LogP contribution in [-0.4, -0.2) is 15.0 Å². The van der Waals surface area contributed by atoms with Crippen LogP contribution in [0.2, 0.25) is 0 Å². The van der Waals surface area contributed by atoms with E-state index < -0.39 is 0 Å². The summed E-state index contributed by atoms with van der Waals surface area (Å²) in [5, 5.41) is 3.53. The van der Waals surface area contributed by atoms with Crippen LogP contribution in [0.25, 0.3) is 100 Å². The molecule has 10 rings (SSSR count). The molecule has 0 aliphatic heterocycles. The number of benzene rings is 8. The summed E-state index contributed by atoms with van der Waals surface area (Å²) in [6.45, 7) is 0. The largest absolute Gasteiger partial charge is 0.248 e. The Balaban J connectivity index is 1.08. The summed E-state index contributed by atoms with van der Waals surface area (Å²) in [5.74, 6) is 0.697. The number of hydrogen-bond donors (Lipinski definition) is 0. The molecule has 8 aromatic carbocycles. The molecule has 0 bridgehead atoms. The average molecular weight is 714 g/mol. The van der Waals surface area contributed by atoms with Crippen LogP contribution in [0.3, 0.4) is 0 Å². The van der Waals surface area contributed by atoms with Crippen molar-refractivity contribution in [3.8, 4) is 78.5 Å². The molecule has 0 saturated carbocycles. The standard InChI is InChI=1S/C53H35N3/c1-5-16-36(17-6-1)47-34-49(37-18-7-2-8-19-37)54-48-31-30-45-44(28-15-29-46(45)52(47)48)42-26-13-24-40(32-42)41-25-14-27-43(33-41)53-55-50(38-20-9-3-10-21-38)35-51(56-53)39-22-11-4-12-23-39/h1-35H. The van der Waals surface area contributed by atoms with Gasteiger partial charge in [0, 0.05) is 27.6 Å². The van der Waals surface area contributed by atoms with E-state index >= 15 is 0 Å². The molecule has 0 unspecified atom stereocenters. The van der Waals surface area contributed by atoms with Crippen molar-refractivity contribution in [2.24, 2.45) is 0 Å². The third-order valence-corrected chi connectivity index (χ3v) is 10.5. The Labute approximate surface area is 326 Å². The van der Waals surface area contributed by atoms with Gasteiger partial charge in [-0.3, -0.25) is 0 Å². The lowest BCUT2D eigenvalue weighted by atomic mass is 9.90.